The van der Waals surface area contributed by atoms with Crippen molar-refractivity contribution in [2.45, 2.75) is 38.5 Å². The van der Waals surface area contributed by atoms with E-state index < -0.39 is 0 Å². The lowest BCUT2D eigenvalue weighted by molar-refractivity contribution is -0.122. The predicted octanol–water partition coefficient (Wildman–Crippen LogP) is 1.72. The fraction of sp³-hybridized carbons (Fsp3) is 0.667. The van der Waals surface area contributed by atoms with Gasteiger partial charge in [0.05, 0.1) is 0 Å². The van der Waals surface area contributed by atoms with Crippen LogP contribution in [0.1, 0.15) is 44.3 Å². The van der Waals surface area contributed by atoms with Crippen molar-refractivity contribution >= 4 is 17.5 Å². The maximum absolute atomic E-state index is 11.5. The van der Waals surface area contributed by atoms with Gasteiger partial charge in [0.2, 0.25) is 5.91 Å². The lowest BCUT2D eigenvalue weighted by Gasteiger charge is -2.11. The van der Waals surface area contributed by atoms with Gasteiger partial charge in [-0.3, -0.25) is 4.79 Å². The highest BCUT2D eigenvalue weighted by Crippen LogP contribution is 2.38. The second-order valence-corrected chi connectivity index (χ2v) is 5.79. The van der Waals surface area contributed by atoms with Crippen LogP contribution in [0.15, 0.2) is 6.07 Å². The molecule has 3 rings (SSSR count). The standard InChI is InChI=1S/C15H23N5O/c1-2-16-12-9-13(20-14(19-12)10-3-4-10)17-7-8-18-15(21)11-5-6-11/h9-11H,2-8H2,1H3,(H,18,21)(H2,16,17,19,20). The molecule has 1 aromatic rings. The van der Waals surface area contributed by atoms with Gasteiger partial charge in [-0.15, -0.1) is 0 Å². The molecule has 1 amide bonds. The van der Waals surface area contributed by atoms with Gasteiger partial charge in [0, 0.05) is 37.5 Å². The number of carbonyl (C=O) groups is 1. The van der Waals surface area contributed by atoms with Crippen LogP contribution in [0.4, 0.5) is 11.6 Å². The average molecular weight is 289 g/mol. The van der Waals surface area contributed by atoms with Gasteiger partial charge in [-0.25, -0.2) is 9.97 Å². The first-order valence-electron chi connectivity index (χ1n) is 7.90. The number of anilines is 2. The second kappa shape index (κ2) is 6.28. The SMILES string of the molecule is CCNc1cc(NCCNC(=O)C2CC2)nc(C2CC2)n1. The van der Waals surface area contributed by atoms with Crippen LogP contribution in [0.5, 0.6) is 0 Å². The van der Waals surface area contributed by atoms with Crippen LogP contribution in [-0.2, 0) is 4.79 Å². The topological polar surface area (TPSA) is 78.9 Å². The Morgan fingerprint density at radius 1 is 1.14 bits per heavy atom. The largest absolute Gasteiger partial charge is 0.370 e. The normalized spacial score (nSPS) is 17.4. The minimum atomic E-state index is 0.187. The Labute approximate surface area is 125 Å². The van der Waals surface area contributed by atoms with Crippen molar-refractivity contribution in [3.05, 3.63) is 11.9 Å². The first kappa shape index (κ1) is 14.1. The number of hydrogen-bond donors (Lipinski definition) is 3. The summed E-state index contributed by atoms with van der Waals surface area (Å²) in [5.41, 5.74) is 0. The van der Waals surface area contributed by atoms with Gasteiger partial charge >= 0.3 is 0 Å². The molecule has 0 spiro atoms. The van der Waals surface area contributed by atoms with Crippen LogP contribution in [0, 0.1) is 5.92 Å². The predicted molar refractivity (Wildman–Crippen MR) is 82.4 cm³/mol. The molecule has 0 aromatic carbocycles. The number of rotatable bonds is 8. The van der Waals surface area contributed by atoms with Crippen molar-refractivity contribution in [1.82, 2.24) is 15.3 Å². The Morgan fingerprint density at radius 3 is 2.48 bits per heavy atom. The molecule has 0 unspecified atom stereocenters. The quantitative estimate of drug-likeness (QED) is 0.635. The molecule has 0 radical (unpaired) electrons. The molecule has 0 aliphatic heterocycles. The summed E-state index contributed by atoms with van der Waals surface area (Å²) in [6.45, 7) is 4.22. The minimum Gasteiger partial charge on any atom is -0.370 e. The zero-order valence-electron chi connectivity index (χ0n) is 12.5. The fourth-order valence-electron chi connectivity index (χ4n) is 2.22. The van der Waals surface area contributed by atoms with Gasteiger partial charge in [0.15, 0.2) is 0 Å². The van der Waals surface area contributed by atoms with Crippen LogP contribution in [0.3, 0.4) is 0 Å². The van der Waals surface area contributed by atoms with E-state index in [1.54, 1.807) is 0 Å². The van der Waals surface area contributed by atoms with Gasteiger partial charge in [0.25, 0.3) is 0 Å². The van der Waals surface area contributed by atoms with E-state index in [0.29, 0.717) is 19.0 Å². The van der Waals surface area contributed by atoms with Crippen LogP contribution >= 0.6 is 0 Å². The monoisotopic (exact) mass is 289 g/mol. The van der Waals surface area contributed by atoms with Gasteiger partial charge in [-0.05, 0) is 32.6 Å². The highest BCUT2D eigenvalue weighted by Gasteiger charge is 2.29. The van der Waals surface area contributed by atoms with E-state index in [2.05, 4.69) is 32.8 Å². The van der Waals surface area contributed by atoms with Crippen LogP contribution in [-0.4, -0.2) is 35.5 Å². The third kappa shape index (κ3) is 4.06. The molecule has 6 heteroatoms. The summed E-state index contributed by atoms with van der Waals surface area (Å²) >= 11 is 0. The smallest absolute Gasteiger partial charge is 0.223 e. The van der Waals surface area contributed by atoms with Crippen molar-refractivity contribution < 1.29 is 4.79 Å². The zero-order valence-corrected chi connectivity index (χ0v) is 12.5. The van der Waals surface area contributed by atoms with E-state index in [-0.39, 0.29) is 11.8 Å². The van der Waals surface area contributed by atoms with E-state index >= 15 is 0 Å². The molecule has 2 fully saturated rings. The molecule has 3 N–H and O–H groups in total. The van der Waals surface area contributed by atoms with Crippen molar-refractivity contribution in [2.75, 3.05) is 30.3 Å². The second-order valence-electron chi connectivity index (χ2n) is 5.79. The summed E-state index contributed by atoms with van der Waals surface area (Å²) < 4.78 is 0. The molecule has 6 nitrogen and oxygen atoms in total. The number of aromatic nitrogens is 2. The molecule has 1 heterocycles. The Hall–Kier alpha value is -1.85. The molecule has 21 heavy (non-hydrogen) atoms. The zero-order chi connectivity index (χ0) is 14.7. The highest BCUT2D eigenvalue weighted by atomic mass is 16.2. The van der Waals surface area contributed by atoms with Gasteiger partial charge < -0.3 is 16.0 Å². The number of amides is 1. The Bertz CT molecular complexity index is 511. The molecule has 0 saturated heterocycles. The first-order valence-corrected chi connectivity index (χ1v) is 7.90. The molecular formula is C15H23N5O. The first-order chi connectivity index (χ1) is 10.3. The number of nitrogens with zero attached hydrogens (tertiary/aromatic N) is 2. The molecule has 1 aromatic heterocycles. The molecule has 2 aliphatic rings. The average Bonchev–Trinajstić information content (AvgIpc) is 3.36. The third-order valence-electron chi connectivity index (χ3n) is 3.72. The Morgan fingerprint density at radius 2 is 1.86 bits per heavy atom. The Balaban J connectivity index is 1.52. The van der Waals surface area contributed by atoms with Crippen molar-refractivity contribution in [3.8, 4) is 0 Å². The van der Waals surface area contributed by atoms with Crippen LogP contribution in [0.25, 0.3) is 0 Å². The lowest BCUT2D eigenvalue weighted by Crippen LogP contribution is -2.30. The van der Waals surface area contributed by atoms with Crippen molar-refractivity contribution in [2.24, 2.45) is 5.92 Å². The molecule has 114 valence electrons. The number of hydrogen-bond acceptors (Lipinski definition) is 5. The van der Waals surface area contributed by atoms with E-state index in [9.17, 15) is 4.79 Å². The fourth-order valence-corrected chi connectivity index (χ4v) is 2.22. The summed E-state index contributed by atoms with van der Waals surface area (Å²) in [5, 5.41) is 9.46. The van der Waals surface area contributed by atoms with E-state index in [1.807, 2.05) is 6.07 Å². The maximum atomic E-state index is 11.5. The van der Waals surface area contributed by atoms with E-state index in [1.165, 1.54) is 12.8 Å². The molecule has 0 atom stereocenters. The summed E-state index contributed by atoms with van der Waals surface area (Å²) in [4.78, 5) is 20.6. The molecular weight excluding hydrogens is 266 g/mol. The number of carbonyl (C=O) groups excluding carboxylic acids is 1. The number of nitrogens with one attached hydrogen (secondary N) is 3. The summed E-state index contributed by atoms with van der Waals surface area (Å²) in [7, 11) is 0. The third-order valence-corrected chi connectivity index (χ3v) is 3.72. The van der Waals surface area contributed by atoms with Gasteiger partial charge in [-0.2, -0.15) is 0 Å². The molecule has 2 saturated carbocycles. The van der Waals surface area contributed by atoms with Gasteiger partial charge in [-0.1, -0.05) is 0 Å². The summed E-state index contributed by atoms with van der Waals surface area (Å²) in [6, 6.07) is 1.93. The van der Waals surface area contributed by atoms with E-state index in [4.69, 9.17) is 0 Å². The summed E-state index contributed by atoms with van der Waals surface area (Å²) in [5.74, 6) is 3.62. The maximum Gasteiger partial charge on any atom is 0.223 e. The minimum absolute atomic E-state index is 0.187. The lowest BCUT2D eigenvalue weighted by atomic mass is 10.3. The van der Waals surface area contributed by atoms with Crippen LogP contribution in [0.2, 0.25) is 0 Å². The molecule has 2 aliphatic carbocycles. The van der Waals surface area contributed by atoms with Crippen molar-refractivity contribution in [3.63, 3.8) is 0 Å². The Kier molecular flexibility index (Phi) is 4.22. The van der Waals surface area contributed by atoms with Crippen LogP contribution < -0.4 is 16.0 Å². The summed E-state index contributed by atoms with van der Waals surface area (Å²) in [6.07, 6.45) is 4.46. The molecule has 0 bridgehead atoms. The van der Waals surface area contributed by atoms with Crippen molar-refractivity contribution in [1.29, 1.82) is 0 Å². The van der Waals surface area contributed by atoms with Gasteiger partial charge in [0.1, 0.15) is 17.5 Å². The van der Waals surface area contributed by atoms with E-state index in [0.717, 1.165) is 36.8 Å². The highest BCUT2D eigenvalue weighted by molar-refractivity contribution is 5.80.